The first-order valence-corrected chi connectivity index (χ1v) is 8.36. The van der Waals surface area contributed by atoms with E-state index in [9.17, 15) is 14.3 Å². The minimum Gasteiger partial charge on any atom is -0.396 e. The van der Waals surface area contributed by atoms with Crippen LogP contribution in [0.4, 0.5) is 4.39 Å². The summed E-state index contributed by atoms with van der Waals surface area (Å²) < 4.78 is 14.6. The van der Waals surface area contributed by atoms with Crippen molar-refractivity contribution in [1.29, 1.82) is 0 Å². The summed E-state index contributed by atoms with van der Waals surface area (Å²) >= 11 is 0. The number of nitrogens with zero attached hydrogens (tertiary/aromatic N) is 2. The van der Waals surface area contributed by atoms with Crippen LogP contribution in [0, 0.1) is 11.7 Å². The van der Waals surface area contributed by atoms with Gasteiger partial charge in [-0.15, -0.1) is 0 Å². The molecule has 2 aromatic rings. The van der Waals surface area contributed by atoms with Crippen LogP contribution in [0.3, 0.4) is 0 Å². The van der Waals surface area contributed by atoms with Gasteiger partial charge in [-0.3, -0.25) is 4.79 Å². The van der Waals surface area contributed by atoms with Gasteiger partial charge in [0.1, 0.15) is 5.82 Å². The number of carbonyl (C=O) groups excluding carboxylic acids is 1. The highest BCUT2D eigenvalue weighted by Crippen LogP contribution is 2.24. The van der Waals surface area contributed by atoms with Crippen molar-refractivity contribution in [2.75, 3.05) is 6.61 Å². The SMILES string of the molecule is O=C(Cc1ccn(-c2ccc(F)cc2)n1)NC1CCCCC1CO. The molecule has 2 atom stereocenters. The van der Waals surface area contributed by atoms with Gasteiger partial charge >= 0.3 is 0 Å². The summed E-state index contributed by atoms with van der Waals surface area (Å²) in [6.45, 7) is 0.115. The van der Waals surface area contributed by atoms with E-state index in [2.05, 4.69) is 10.4 Å². The quantitative estimate of drug-likeness (QED) is 0.883. The Hall–Kier alpha value is -2.21. The van der Waals surface area contributed by atoms with Crippen LogP contribution in [-0.2, 0) is 11.2 Å². The van der Waals surface area contributed by atoms with Crippen molar-refractivity contribution < 1.29 is 14.3 Å². The van der Waals surface area contributed by atoms with Crippen molar-refractivity contribution in [2.24, 2.45) is 5.92 Å². The first kappa shape index (κ1) is 16.6. The summed E-state index contributed by atoms with van der Waals surface area (Å²) in [5.74, 6) is -0.222. The van der Waals surface area contributed by atoms with Crippen molar-refractivity contribution in [2.45, 2.75) is 38.1 Å². The van der Waals surface area contributed by atoms with Gasteiger partial charge in [-0.25, -0.2) is 9.07 Å². The number of halogens is 1. The maximum Gasteiger partial charge on any atom is 0.226 e. The zero-order chi connectivity index (χ0) is 16.9. The summed E-state index contributed by atoms with van der Waals surface area (Å²) in [7, 11) is 0. The second-order valence-electron chi connectivity index (χ2n) is 6.31. The van der Waals surface area contributed by atoms with Gasteiger partial charge in [0.25, 0.3) is 0 Å². The van der Waals surface area contributed by atoms with E-state index in [4.69, 9.17) is 0 Å². The second kappa shape index (κ2) is 7.57. The fourth-order valence-corrected chi connectivity index (χ4v) is 3.23. The molecule has 6 heteroatoms. The first-order valence-electron chi connectivity index (χ1n) is 8.36. The lowest BCUT2D eigenvalue weighted by atomic mass is 9.85. The van der Waals surface area contributed by atoms with Gasteiger partial charge in [0.15, 0.2) is 0 Å². The van der Waals surface area contributed by atoms with Crippen LogP contribution < -0.4 is 5.32 Å². The Kier molecular flexibility index (Phi) is 5.25. The molecule has 1 aromatic carbocycles. The average molecular weight is 331 g/mol. The normalized spacial score (nSPS) is 20.8. The van der Waals surface area contributed by atoms with E-state index in [-0.39, 0.29) is 36.7 Å². The lowest BCUT2D eigenvalue weighted by molar-refractivity contribution is -0.121. The van der Waals surface area contributed by atoms with Gasteiger partial charge in [-0.2, -0.15) is 5.10 Å². The van der Waals surface area contributed by atoms with Gasteiger partial charge in [-0.1, -0.05) is 12.8 Å². The molecule has 1 fully saturated rings. The molecule has 1 aliphatic carbocycles. The van der Waals surface area contributed by atoms with Gasteiger partial charge in [0, 0.05) is 24.8 Å². The number of aliphatic hydroxyl groups excluding tert-OH is 1. The van der Waals surface area contributed by atoms with E-state index >= 15 is 0 Å². The van der Waals surface area contributed by atoms with Crippen molar-refractivity contribution >= 4 is 5.91 Å². The summed E-state index contributed by atoms with van der Waals surface area (Å²) in [5.41, 5.74) is 1.41. The van der Waals surface area contributed by atoms with Gasteiger partial charge in [0.05, 0.1) is 17.8 Å². The minimum absolute atomic E-state index is 0.0513. The monoisotopic (exact) mass is 331 g/mol. The molecule has 1 aromatic heterocycles. The molecule has 5 nitrogen and oxygen atoms in total. The number of hydrogen-bond donors (Lipinski definition) is 2. The van der Waals surface area contributed by atoms with Gasteiger partial charge < -0.3 is 10.4 Å². The smallest absolute Gasteiger partial charge is 0.226 e. The van der Waals surface area contributed by atoms with Crippen LogP contribution in [-0.4, -0.2) is 33.4 Å². The molecule has 1 saturated carbocycles. The lowest BCUT2D eigenvalue weighted by Crippen LogP contribution is -2.44. The standard InChI is InChI=1S/C18H22FN3O2/c19-14-5-7-16(8-6-14)22-10-9-15(21-22)11-18(24)20-17-4-2-1-3-13(17)12-23/h5-10,13,17,23H,1-4,11-12H2,(H,20,24). The summed E-state index contributed by atoms with van der Waals surface area (Å²) in [4.78, 5) is 12.2. The Balaban J connectivity index is 1.59. The zero-order valence-electron chi connectivity index (χ0n) is 13.5. The summed E-state index contributed by atoms with van der Waals surface area (Å²) in [6, 6.07) is 7.87. The second-order valence-corrected chi connectivity index (χ2v) is 6.31. The van der Waals surface area contributed by atoms with E-state index < -0.39 is 0 Å². The van der Waals surface area contributed by atoms with Crippen LogP contribution in [0.25, 0.3) is 5.69 Å². The molecule has 0 aliphatic heterocycles. The molecule has 0 saturated heterocycles. The fraction of sp³-hybridized carbons (Fsp3) is 0.444. The van der Waals surface area contributed by atoms with Crippen molar-refractivity contribution in [3.05, 3.63) is 48.0 Å². The fourth-order valence-electron chi connectivity index (χ4n) is 3.23. The van der Waals surface area contributed by atoms with E-state index in [1.807, 2.05) is 0 Å². The molecule has 3 rings (SSSR count). The van der Waals surface area contributed by atoms with Crippen molar-refractivity contribution in [3.8, 4) is 5.69 Å². The molecule has 2 unspecified atom stereocenters. The highest BCUT2D eigenvalue weighted by molar-refractivity contribution is 5.78. The van der Waals surface area contributed by atoms with Crippen LogP contribution in [0.1, 0.15) is 31.4 Å². The average Bonchev–Trinajstić information content (AvgIpc) is 3.04. The van der Waals surface area contributed by atoms with E-state index in [0.29, 0.717) is 5.69 Å². The third-order valence-electron chi connectivity index (χ3n) is 4.57. The minimum atomic E-state index is -0.295. The molecule has 128 valence electrons. The van der Waals surface area contributed by atoms with Crippen LogP contribution in [0.15, 0.2) is 36.5 Å². The predicted octanol–water partition coefficient (Wildman–Crippen LogP) is 2.22. The molecule has 0 spiro atoms. The molecule has 1 heterocycles. The summed E-state index contributed by atoms with van der Waals surface area (Å²) in [6.07, 6.45) is 6.03. The van der Waals surface area contributed by atoms with Crippen molar-refractivity contribution in [3.63, 3.8) is 0 Å². The van der Waals surface area contributed by atoms with Crippen LogP contribution in [0.5, 0.6) is 0 Å². The third-order valence-corrected chi connectivity index (χ3v) is 4.57. The maximum atomic E-state index is 13.0. The first-order chi connectivity index (χ1) is 11.7. The number of carbonyl (C=O) groups is 1. The van der Waals surface area contributed by atoms with Crippen LogP contribution in [0.2, 0.25) is 0 Å². The molecular weight excluding hydrogens is 309 g/mol. The molecule has 2 N–H and O–H groups in total. The topological polar surface area (TPSA) is 67.2 Å². The number of amides is 1. The maximum absolute atomic E-state index is 13.0. The summed E-state index contributed by atoms with van der Waals surface area (Å²) in [5, 5.41) is 16.8. The zero-order valence-corrected chi connectivity index (χ0v) is 13.5. The largest absolute Gasteiger partial charge is 0.396 e. The molecule has 24 heavy (non-hydrogen) atoms. The highest BCUT2D eigenvalue weighted by Gasteiger charge is 2.25. The number of rotatable bonds is 5. The molecule has 1 amide bonds. The van der Waals surface area contributed by atoms with Gasteiger partial charge in [0.2, 0.25) is 5.91 Å². The van der Waals surface area contributed by atoms with Gasteiger partial charge in [-0.05, 0) is 43.2 Å². The number of nitrogens with one attached hydrogen (secondary N) is 1. The predicted molar refractivity (Wildman–Crippen MR) is 88.2 cm³/mol. The Labute approximate surface area is 140 Å². The molecule has 0 bridgehead atoms. The number of aliphatic hydroxyl groups is 1. The van der Waals surface area contributed by atoms with E-state index in [0.717, 1.165) is 31.4 Å². The van der Waals surface area contributed by atoms with E-state index in [1.54, 1.807) is 29.1 Å². The molecule has 1 aliphatic rings. The number of aromatic nitrogens is 2. The Morgan fingerprint density at radius 1 is 1.25 bits per heavy atom. The lowest BCUT2D eigenvalue weighted by Gasteiger charge is -2.30. The Morgan fingerprint density at radius 3 is 2.75 bits per heavy atom. The third kappa shape index (κ3) is 4.00. The van der Waals surface area contributed by atoms with Crippen LogP contribution >= 0.6 is 0 Å². The van der Waals surface area contributed by atoms with E-state index in [1.165, 1.54) is 12.1 Å². The number of benzene rings is 1. The Bertz CT molecular complexity index is 684. The number of hydrogen-bond acceptors (Lipinski definition) is 3. The molecule has 0 radical (unpaired) electrons. The highest BCUT2D eigenvalue weighted by atomic mass is 19.1. The molecular formula is C18H22FN3O2. The van der Waals surface area contributed by atoms with Crippen molar-refractivity contribution in [1.82, 2.24) is 15.1 Å². The Morgan fingerprint density at radius 2 is 2.00 bits per heavy atom.